The maximum Gasteiger partial charge on any atom is 0.305 e. The number of aliphatic carboxylic acids is 1. The number of carboxylic acid groups (broad SMARTS) is 1. The van der Waals surface area contributed by atoms with Gasteiger partial charge >= 0.3 is 5.97 Å². The summed E-state index contributed by atoms with van der Waals surface area (Å²) in [6, 6.07) is 18.5. The Morgan fingerprint density at radius 1 is 1.11 bits per heavy atom. The van der Waals surface area contributed by atoms with Gasteiger partial charge < -0.3 is 15.3 Å². The number of rotatable bonds is 9. The zero-order valence-electron chi connectivity index (χ0n) is 20.9. The van der Waals surface area contributed by atoms with Crippen molar-refractivity contribution in [1.82, 2.24) is 19.7 Å². The Labute approximate surface area is 211 Å². The van der Waals surface area contributed by atoms with Gasteiger partial charge in [-0.2, -0.15) is 5.10 Å². The molecule has 186 valence electrons. The van der Waals surface area contributed by atoms with Crippen LogP contribution in [0.2, 0.25) is 0 Å². The van der Waals surface area contributed by atoms with Gasteiger partial charge in [0, 0.05) is 24.2 Å². The molecule has 1 aliphatic heterocycles. The molecule has 2 N–H and O–H groups in total. The zero-order valence-corrected chi connectivity index (χ0v) is 20.9. The number of carbonyl (C=O) groups is 1. The van der Waals surface area contributed by atoms with Gasteiger partial charge in [-0.05, 0) is 80.2 Å². The first kappa shape index (κ1) is 24.0. The predicted octanol–water partition coefficient (Wildman–Crippen LogP) is 4.70. The van der Waals surface area contributed by atoms with Crippen molar-refractivity contribution in [3.05, 3.63) is 88.7 Å². The van der Waals surface area contributed by atoms with Crippen LogP contribution in [0.4, 0.5) is 5.82 Å². The lowest BCUT2D eigenvalue weighted by atomic mass is 10.0. The molecule has 4 aromatic rings. The second-order valence-corrected chi connectivity index (χ2v) is 9.92. The monoisotopic (exact) mass is 483 g/mol. The predicted molar refractivity (Wildman–Crippen MR) is 142 cm³/mol. The number of nitrogens with one attached hydrogen (secondary N) is 1. The van der Waals surface area contributed by atoms with Crippen LogP contribution >= 0.6 is 0 Å². The molecule has 0 fully saturated rings. The van der Waals surface area contributed by atoms with Gasteiger partial charge in [-0.3, -0.25) is 9.48 Å². The van der Waals surface area contributed by atoms with Gasteiger partial charge in [0.15, 0.2) is 0 Å². The largest absolute Gasteiger partial charge is 0.481 e. The molecule has 3 heterocycles. The molecular weight excluding hydrogens is 450 g/mol. The number of hydrogen-bond donors (Lipinski definition) is 2. The van der Waals surface area contributed by atoms with Gasteiger partial charge in [-0.1, -0.05) is 36.4 Å². The Kier molecular flexibility index (Phi) is 7.00. The van der Waals surface area contributed by atoms with Crippen molar-refractivity contribution in [2.24, 2.45) is 0 Å². The lowest BCUT2D eigenvalue weighted by Gasteiger charge is -2.19. The standard InChI is InChI=1S/C29H33N5O2/c1-33(2)19-21-5-3-6-23(16-21)27(17-28(35)36)34-26-13-9-20(15-24(26)18-31-34)8-11-25-12-10-22-7-4-14-30-29(22)32-25/h3,5-6,9-10,12-13,15-16,18,27H,4,7-8,11,14,17,19H2,1-2H3,(H,30,32)(H,35,36). The fraction of sp³-hybridized carbons (Fsp3) is 0.345. The SMILES string of the molecule is CN(C)Cc1cccc(C(CC(=O)O)n2ncc3cc(CCc4ccc5c(n4)NCCC5)ccc32)c1. The summed E-state index contributed by atoms with van der Waals surface area (Å²) in [4.78, 5) is 18.7. The van der Waals surface area contributed by atoms with E-state index in [1.165, 1.54) is 11.1 Å². The van der Waals surface area contributed by atoms with Crippen molar-refractivity contribution < 1.29 is 9.90 Å². The third-order valence-corrected chi connectivity index (χ3v) is 6.78. The lowest BCUT2D eigenvalue weighted by Crippen LogP contribution is -2.17. The fourth-order valence-corrected chi connectivity index (χ4v) is 5.06. The van der Waals surface area contributed by atoms with Crippen LogP contribution in [0.3, 0.4) is 0 Å². The Hall–Kier alpha value is -3.71. The van der Waals surface area contributed by atoms with Crippen molar-refractivity contribution in [2.45, 2.75) is 44.7 Å². The maximum atomic E-state index is 11.8. The van der Waals surface area contributed by atoms with Crippen LogP contribution in [0.5, 0.6) is 0 Å². The van der Waals surface area contributed by atoms with Crippen molar-refractivity contribution in [3.8, 4) is 0 Å². The number of aryl methyl sites for hydroxylation is 3. The summed E-state index contributed by atoms with van der Waals surface area (Å²) >= 11 is 0. The van der Waals surface area contributed by atoms with Gasteiger partial charge in [-0.15, -0.1) is 0 Å². The summed E-state index contributed by atoms with van der Waals surface area (Å²) in [6.07, 6.45) is 5.84. The molecule has 2 aromatic heterocycles. The van der Waals surface area contributed by atoms with Crippen LogP contribution in [-0.2, 0) is 30.6 Å². The minimum Gasteiger partial charge on any atom is -0.481 e. The molecule has 0 aliphatic carbocycles. The van der Waals surface area contributed by atoms with Crippen LogP contribution in [0.1, 0.15) is 46.8 Å². The number of hydrogen-bond acceptors (Lipinski definition) is 5. The van der Waals surface area contributed by atoms with Crippen molar-refractivity contribution >= 4 is 22.7 Å². The molecule has 0 bridgehead atoms. The van der Waals surface area contributed by atoms with Gasteiger partial charge in [-0.25, -0.2) is 4.98 Å². The molecule has 1 atom stereocenters. The van der Waals surface area contributed by atoms with E-state index < -0.39 is 5.97 Å². The average Bonchev–Trinajstić information content (AvgIpc) is 3.28. The highest BCUT2D eigenvalue weighted by Crippen LogP contribution is 2.28. The number of benzene rings is 2. The number of aromatic nitrogens is 3. The summed E-state index contributed by atoms with van der Waals surface area (Å²) in [7, 11) is 4.05. The van der Waals surface area contributed by atoms with E-state index in [0.717, 1.165) is 72.3 Å². The molecule has 5 rings (SSSR count). The first-order valence-corrected chi connectivity index (χ1v) is 12.6. The quantitative estimate of drug-likeness (QED) is 0.359. The first-order valence-electron chi connectivity index (χ1n) is 12.6. The highest BCUT2D eigenvalue weighted by molar-refractivity contribution is 5.80. The molecule has 7 nitrogen and oxygen atoms in total. The number of anilines is 1. The molecule has 36 heavy (non-hydrogen) atoms. The Balaban J connectivity index is 1.37. The Morgan fingerprint density at radius 2 is 2.00 bits per heavy atom. The van der Waals surface area contributed by atoms with Gasteiger partial charge in [0.1, 0.15) is 5.82 Å². The van der Waals surface area contributed by atoms with Crippen LogP contribution in [-0.4, -0.2) is 51.4 Å². The van der Waals surface area contributed by atoms with E-state index in [0.29, 0.717) is 0 Å². The van der Waals surface area contributed by atoms with Crippen LogP contribution < -0.4 is 5.32 Å². The molecule has 0 spiro atoms. The van der Waals surface area contributed by atoms with E-state index in [1.807, 2.05) is 37.1 Å². The third-order valence-electron chi connectivity index (χ3n) is 6.78. The third kappa shape index (κ3) is 5.41. The average molecular weight is 484 g/mol. The van der Waals surface area contributed by atoms with Crippen LogP contribution in [0.25, 0.3) is 10.9 Å². The summed E-state index contributed by atoms with van der Waals surface area (Å²) < 4.78 is 1.86. The van der Waals surface area contributed by atoms with Crippen molar-refractivity contribution in [3.63, 3.8) is 0 Å². The topological polar surface area (TPSA) is 83.3 Å². The van der Waals surface area contributed by atoms with E-state index in [9.17, 15) is 9.90 Å². The van der Waals surface area contributed by atoms with Crippen LogP contribution in [0.15, 0.2) is 60.8 Å². The summed E-state index contributed by atoms with van der Waals surface area (Å²) in [5.41, 5.74) is 6.67. The highest BCUT2D eigenvalue weighted by atomic mass is 16.4. The van der Waals surface area contributed by atoms with E-state index >= 15 is 0 Å². The summed E-state index contributed by atoms with van der Waals surface area (Å²) in [6.45, 7) is 1.79. The molecule has 0 amide bonds. The molecule has 0 saturated heterocycles. The van der Waals surface area contributed by atoms with E-state index in [-0.39, 0.29) is 12.5 Å². The second kappa shape index (κ2) is 10.5. The summed E-state index contributed by atoms with van der Waals surface area (Å²) in [5, 5.41) is 18.7. The van der Waals surface area contributed by atoms with Gasteiger partial charge in [0.05, 0.1) is 24.2 Å². The molecule has 0 radical (unpaired) electrons. The summed E-state index contributed by atoms with van der Waals surface area (Å²) in [5.74, 6) is 0.194. The zero-order chi connectivity index (χ0) is 25.1. The minimum atomic E-state index is -0.842. The Bertz CT molecular complexity index is 1380. The smallest absolute Gasteiger partial charge is 0.305 e. The normalized spacial score (nSPS) is 14.0. The number of nitrogens with zero attached hydrogens (tertiary/aromatic N) is 4. The maximum absolute atomic E-state index is 11.8. The molecule has 0 saturated carbocycles. The molecule has 7 heteroatoms. The number of fused-ring (bicyclic) bond motifs is 2. The highest BCUT2D eigenvalue weighted by Gasteiger charge is 2.21. The van der Waals surface area contributed by atoms with E-state index in [1.54, 1.807) is 0 Å². The number of pyridine rings is 1. The lowest BCUT2D eigenvalue weighted by molar-refractivity contribution is -0.137. The molecular formula is C29H33N5O2. The van der Waals surface area contributed by atoms with Crippen molar-refractivity contribution in [1.29, 1.82) is 0 Å². The first-order chi connectivity index (χ1) is 17.5. The molecule has 1 unspecified atom stereocenters. The van der Waals surface area contributed by atoms with Gasteiger partial charge in [0.2, 0.25) is 0 Å². The number of carboxylic acids is 1. The fourth-order valence-electron chi connectivity index (χ4n) is 5.06. The second-order valence-electron chi connectivity index (χ2n) is 9.92. The van der Waals surface area contributed by atoms with Gasteiger partial charge in [0.25, 0.3) is 0 Å². The molecule has 2 aromatic carbocycles. The van der Waals surface area contributed by atoms with E-state index in [4.69, 9.17) is 4.98 Å². The van der Waals surface area contributed by atoms with E-state index in [2.05, 4.69) is 57.8 Å². The minimum absolute atomic E-state index is 0.0258. The van der Waals surface area contributed by atoms with Crippen LogP contribution in [0, 0.1) is 0 Å². The van der Waals surface area contributed by atoms with Crippen molar-refractivity contribution in [2.75, 3.05) is 26.0 Å². The molecule has 1 aliphatic rings. The Morgan fingerprint density at radius 3 is 2.83 bits per heavy atom.